The van der Waals surface area contributed by atoms with E-state index in [2.05, 4.69) is 0 Å². The number of hydrogen-bond donors (Lipinski definition) is 0. The Morgan fingerprint density at radius 2 is 1.81 bits per heavy atom. The molecule has 0 amide bonds. The van der Waals surface area contributed by atoms with Gasteiger partial charge in [0.2, 0.25) is 5.60 Å². The van der Waals surface area contributed by atoms with Crippen LogP contribution in [0, 0.1) is 10.8 Å². The lowest BCUT2D eigenvalue weighted by molar-refractivity contribution is -0.178. The number of rotatable bonds is 6. The lowest BCUT2D eigenvalue weighted by atomic mass is 9.55. The summed E-state index contributed by atoms with van der Waals surface area (Å²) in [6.07, 6.45) is 3.17. The first-order valence-corrected chi connectivity index (χ1v) is 8.71. The summed E-state index contributed by atoms with van der Waals surface area (Å²) in [4.78, 5) is 39.4. The zero-order valence-corrected chi connectivity index (χ0v) is 16.6. The van der Waals surface area contributed by atoms with E-state index in [0.717, 1.165) is 5.57 Å². The first-order chi connectivity index (χ1) is 12.0. The molecule has 144 valence electrons. The third-order valence-electron chi connectivity index (χ3n) is 5.70. The van der Waals surface area contributed by atoms with Gasteiger partial charge in [-0.3, -0.25) is 9.59 Å². The van der Waals surface area contributed by atoms with Crippen molar-refractivity contribution in [3.8, 4) is 0 Å². The number of Topliss-reactive ketones (excluding diaryl/α,β-unsaturated/α-hetero) is 1. The molecule has 26 heavy (non-hydrogen) atoms. The monoisotopic (exact) mass is 364 g/mol. The van der Waals surface area contributed by atoms with Crippen LogP contribution < -0.4 is 0 Å². The molecule has 6 nitrogen and oxygen atoms in total. The Labute approximate surface area is 154 Å². The number of allylic oxidation sites excluding steroid dienone is 4. The van der Waals surface area contributed by atoms with Crippen LogP contribution in [0.5, 0.6) is 0 Å². The van der Waals surface area contributed by atoms with Gasteiger partial charge in [0.1, 0.15) is 0 Å². The SMILES string of the molecule is COC(=O)[C@]12OC(CC1(CC=C(C)C)C(=O)/C=C(/C)OC)C(C)(C)C2=O. The van der Waals surface area contributed by atoms with Crippen LogP contribution in [0.25, 0.3) is 0 Å². The highest BCUT2D eigenvalue weighted by Crippen LogP contribution is 2.62. The summed E-state index contributed by atoms with van der Waals surface area (Å²) in [6, 6.07) is 0. The Kier molecular flexibility index (Phi) is 5.21. The average Bonchev–Trinajstić information content (AvgIpc) is 3.04. The summed E-state index contributed by atoms with van der Waals surface area (Å²) in [7, 11) is 2.67. The molecule has 2 heterocycles. The minimum absolute atomic E-state index is 0.217. The van der Waals surface area contributed by atoms with Crippen LogP contribution in [0.2, 0.25) is 0 Å². The van der Waals surface area contributed by atoms with Gasteiger partial charge in [0.15, 0.2) is 11.6 Å². The van der Waals surface area contributed by atoms with Gasteiger partial charge >= 0.3 is 5.97 Å². The lowest BCUT2D eigenvalue weighted by Crippen LogP contribution is -2.63. The molecule has 0 N–H and O–H groups in total. The van der Waals surface area contributed by atoms with Crippen molar-refractivity contribution in [1.29, 1.82) is 0 Å². The van der Waals surface area contributed by atoms with E-state index >= 15 is 0 Å². The van der Waals surface area contributed by atoms with Crippen LogP contribution in [-0.4, -0.2) is 43.5 Å². The Hall–Kier alpha value is -1.95. The zero-order chi connectivity index (χ0) is 19.9. The van der Waals surface area contributed by atoms with Gasteiger partial charge in [-0.15, -0.1) is 0 Å². The van der Waals surface area contributed by atoms with Crippen LogP contribution in [0.1, 0.15) is 47.5 Å². The van der Waals surface area contributed by atoms with Gasteiger partial charge in [0.25, 0.3) is 0 Å². The van der Waals surface area contributed by atoms with Crippen molar-refractivity contribution in [3.05, 3.63) is 23.5 Å². The average molecular weight is 364 g/mol. The van der Waals surface area contributed by atoms with Crippen molar-refractivity contribution in [2.45, 2.75) is 59.2 Å². The topological polar surface area (TPSA) is 78.9 Å². The van der Waals surface area contributed by atoms with E-state index in [1.807, 2.05) is 19.9 Å². The van der Waals surface area contributed by atoms with Gasteiger partial charge in [-0.25, -0.2) is 4.79 Å². The smallest absolute Gasteiger partial charge is 0.347 e. The number of carbonyl (C=O) groups excluding carboxylic acids is 3. The minimum Gasteiger partial charge on any atom is -0.501 e. The zero-order valence-electron chi connectivity index (χ0n) is 16.6. The standard InChI is InChI=1S/C20H28O6/c1-12(2)8-9-19(14(21)10-13(3)24-6)11-15-18(4,5)16(22)20(19,26-15)17(23)25-7/h8,10,15H,9,11H2,1-7H3/b13-10-/t15?,19?,20-/m0/s1. The van der Waals surface area contributed by atoms with Crippen LogP contribution in [-0.2, 0) is 28.6 Å². The molecular formula is C20H28O6. The van der Waals surface area contributed by atoms with Gasteiger partial charge in [0.05, 0.1) is 36.9 Å². The highest BCUT2D eigenvalue weighted by atomic mass is 16.6. The summed E-state index contributed by atoms with van der Waals surface area (Å²) < 4.78 is 16.0. The molecule has 0 aliphatic carbocycles. The summed E-state index contributed by atoms with van der Waals surface area (Å²) in [5.41, 5.74) is -3.14. The molecule has 0 aromatic carbocycles. The molecule has 2 fully saturated rings. The van der Waals surface area contributed by atoms with Crippen molar-refractivity contribution in [1.82, 2.24) is 0 Å². The molecule has 0 aromatic heterocycles. The second kappa shape index (κ2) is 6.65. The van der Waals surface area contributed by atoms with E-state index in [4.69, 9.17) is 14.2 Å². The maximum absolute atomic E-state index is 13.3. The predicted octanol–water partition coefficient (Wildman–Crippen LogP) is 2.76. The number of hydrogen-bond acceptors (Lipinski definition) is 6. The fourth-order valence-electron chi connectivity index (χ4n) is 3.94. The van der Waals surface area contributed by atoms with Crippen molar-refractivity contribution in [2.75, 3.05) is 14.2 Å². The van der Waals surface area contributed by atoms with Crippen molar-refractivity contribution >= 4 is 17.5 Å². The molecule has 0 saturated carbocycles. The lowest BCUT2D eigenvalue weighted by Gasteiger charge is -2.42. The van der Waals surface area contributed by atoms with Crippen molar-refractivity contribution in [3.63, 3.8) is 0 Å². The molecule has 2 aliphatic heterocycles. The van der Waals surface area contributed by atoms with Gasteiger partial charge in [-0.1, -0.05) is 25.5 Å². The molecule has 0 aromatic rings. The second-order valence-electron chi connectivity index (χ2n) is 7.93. The first kappa shape index (κ1) is 20.4. The van der Waals surface area contributed by atoms with Gasteiger partial charge in [-0.2, -0.15) is 0 Å². The first-order valence-electron chi connectivity index (χ1n) is 8.71. The number of carbonyl (C=O) groups is 3. The molecule has 3 atom stereocenters. The molecule has 2 bridgehead atoms. The van der Waals surface area contributed by atoms with E-state index in [1.165, 1.54) is 20.3 Å². The third kappa shape index (κ3) is 2.62. The number of esters is 1. The van der Waals surface area contributed by atoms with Crippen molar-refractivity contribution < 1.29 is 28.6 Å². The molecular weight excluding hydrogens is 336 g/mol. The summed E-state index contributed by atoms with van der Waals surface area (Å²) >= 11 is 0. The number of ketones is 2. The Bertz CT molecular complexity index is 697. The molecule has 0 spiro atoms. The predicted molar refractivity (Wildman–Crippen MR) is 95.3 cm³/mol. The summed E-state index contributed by atoms with van der Waals surface area (Å²) in [6.45, 7) is 8.95. The van der Waals surface area contributed by atoms with Gasteiger partial charge < -0.3 is 14.2 Å². The quantitative estimate of drug-likeness (QED) is 0.237. The van der Waals surface area contributed by atoms with E-state index in [9.17, 15) is 14.4 Å². The van der Waals surface area contributed by atoms with Crippen molar-refractivity contribution in [2.24, 2.45) is 10.8 Å². The summed E-state index contributed by atoms with van der Waals surface area (Å²) in [5, 5.41) is 0. The van der Waals surface area contributed by atoms with E-state index in [1.54, 1.807) is 20.8 Å². The molecule has 2 rings (SSSR count). The largest absolute Gasteiger partial charge is 0.501 e. The highest BCUT2D eigenvalue weighted by molar-refractivity contribution is 6.18. The Morgan fingerprint density at radius 3 is 2.27 bits per heavy atom. The number of methoxy groups -OCH3 is 2. The van der Waals surface area contributed by atoms with E-state index in [0.29, 0.717) is 5.76 Å². The molecule has 6 heteroatoms. The number of ether oxygens (including phenoxy) is 3. The summed E-state index contributed by atoms with van der Waals surface area (Å²) in [5.74, 6) is -1.16. The normalized spacial score (nSPS) is 32.3. The Balaban J connectivity index is 2.71. The number of fused-ring (bicyclic) bond motifs is 2. The second-order valence-corrected chi connectivity index (χ2v) is 7.93. The fourth-order valence-corrected chi connectivity index (χ4v) is 3.94. The van der Waals surface area contributed by atoms with E-state index in [-0.39, 0.29) is 18.6 Å². The Morgan fingerprint density at radius 1 is 1.19 bits per heavy atom. The van der Waals surface area contributed by atoms with Crippen LogP contribution in [0.15, 0.2) is 23.5 Å². The molecule has 2 saturated heterocycles. The van der Waals surface area contributed by atoms with Crippen LogP contribution >= 0.6 is 0 Å². The van der Waals surface area contributed by atoms with Crippen LogP contribution in [0.4, 0.5) is 0 Å². The minimum atomic E-state index is -1.93. The molecule has 2 aliphatic rings. The van der Waals surface area contributed by atoms with Gasteiger partial charge in [-0.05, 0) is 33.6 Å². The molecule has 0 radical (unpaired) electrons. The molecule has 2 unspecified atom stereocenters. The van der Waals surface area contributed by atoms with Gasteiger partial charge in [0, 0.05) is 6.08 Å². The highest BCUT2D eigenvalue weighted by Gasteiger charge is 2.80. The maximum atomic E-state index is 13.3. The maximum Gasteiger partial charge on any atom is 0.347 e. The third-order valence-corrected chi connectivity index (χ3v) is 5.70. The fraction of sp³-hybridized carbons (Fsp3) is 0.650. The van der Waals surface area contributed by atoms with Crippen LogP contribution in [0.3, 0.4) is 0 Å². The van der Waals surface area contributed by atoms with E-state index < -0.39 is 34.3 Å².